The maximum Gasteiger partial charge on any atom is 0.272 e. The van der Waals surface area contributed by atoms with E-state index in [0.717, 1.165) is 23.9 Å². The Morgan fingerprint density at radius 1 is 1.30 bits per heavy atom. The van der Waals surface area contributed by atoms with Gasteiger partial charge in [0.15, 0.2) is 5.69 Å². The first-order chi connectivity index (χ1) is 9.83. The van der Waals surface area contributed by atoms with E-state index < -0.39 is 0 Å². The lowest BCUT2D eigenvalue weighted by Crippen LogP contribution is -2.41. The fourth-order valence-corrected chi connectivity index (χ4v) is 3.03. The molecule has 104 valence electrons. The molecule has 2 fully saturated rings. The molecule has 2 N–H and O–H groups in total. The largest absolute Gasteiger partial charge is 0.376 e. The van der Waals surface area contributed by atoms with E-state index in [1.54, 1.807) is 0 Å². The average Bonchev–Trinajstić information content (AvgIpc) is 3.05. The van der Waals surface area contributed by atoms with Gasteiger partial charge in [-0.2, -0.15) is 5.10 Å². The van der Waals surface area contributed by atoms with Crippen LogP contribution in [-0.4, -0.2) is 34.9 Å². The van der Waals surface area contributed by atoms with E-state index in [-0.39, 0.29) is 18.1 Å². The molecule has 2 heterocycles. The molecule has 4 rings (SSSR count). The second-order valence-electron chi connectivity index (χ2n) is 5.66. The number of hydrogen-bond acceptors (Lipinski definition) is 3. The van der Waals surface area contributed by atoms with Crippen molar-refractivity contribution in [2.75, 3.05) is 6.61 Å². The molecule has 1 amide bonds. The van der Waals surface area contributed by atoms with Gasteiger partial charge in [0.25, 0.3) is 5.91 Å². The normalized spacial score (nSPS) is 26.0. The van der Waals surface area contributed by atoms with Crippen LogP contribution in [0.2, 0.25) is 0 Å². The van der Waals surface area contributed by atoms with Crippen LogP contribution in [0.15, 0.2) is 24.3 Å². The Morgan fingerprint density at radius 3 is 3.00 bits per heavy atom. The molecular formula is C15H17N3O2. The number of fused-ring (bicyclic) bond motifs is 1. The van der Waals surface area contributed by atoms with E-state index in [1.165, 1.54) is 12.8 Å². The number of rotatable bonds is 3. The van der Waals surface area contributed by atoms with Crippen molar-refractivity contribution >= 4 is 16.8 Å². The number of nitrogens with one attached hydrogen (secondary N) is 2. The number of carbonyl (C=O) groups excluding carboxylic acids is 1. The Kier molecular flexibility index (Phi) is 2.73. The number of hydrogen-bond donors (Lipinski definition) is 2. The lowest BCUT2D eigenvalue weighted by molar-refractivity contribution is 0.0728. The van der Waals surface area contributed by atoms with E-state index in [1.807, 2.05) is 24.3 Å². The zero-order chi connectivity index (χ0) is 13.5. The van der Waals surface area contributed by atoms with Gasteiger partial charge in [0.05, 0.1) is 17.7 Å². The van der Waals surface area contributed by atoms with E-state index in [9.17, 15) is 4.79 Å². The Bertz CT molecular complexity index is 647. The van der Waals surface area contributed by atoms with Gasteiger partial charge in [-0.1, -0.05) is 18.2 Å². The second kappa shape index (κ2) is 4.59. The number of H-pyrrole nitrogens is 1. The van der Waals surface area contributed by atoms with E-state index in [2.05, 4.69) is 15.5 Å². The highest BCUT2D eigenvalue weighted by molar-refractivity contribution is 6.04. The summed E-state index contributed by atoms with van der Waals surface area (Å²) in [6, 6.07) is 7.81. The minimum absolute atomic E-state index is 0.108. The molecule has 1 aromatic carbocycles. The zero-order valence-electron chi connectivity index (χ0n) is 11.1. The molecule has 1 saturated carbocycles. The van der Waals surface area contributed by atoms with Crippen LogP contribution in [0.1, 0.15) is 29.8 Å². The van der Waals surface area contributed by atoms with Gasteiger partial charge in [0.1, 0.15) is 0 Å². The second-order valence-corrected chi connectivity index (χ2v) is 5.66. The van der Waals surface area contributed by atoms with Crippen LogP contribution in [0.25, 0.3) is 10.9 Å². The quantitative estimate of drug-likeness (QED) is 0.895. The third-order valence-electron chi connectivity index (χ3n) is 4.22. The summed E-state index contributed by atoms with van der Waals surface area (Å²) in [5, 5.41) is 11.0. The van der Waals surface area contributed by atoms with Crippen LogP contribution in [0.5, 0.6) is 0 Å². The summed E-state index contributed by atoms with van der Waals surface area (Å²) >= 11 is 0. The van der Waals surface area contributed by atoms with Gasteiger partial charge in [-0.15, -0.1) is 0 Å². The molecule has 2 aliphatic rings. The summed E-state index contributed by atoms with van der Waals surface area (Å²) < 4.78 is 5.75. The van der Waals surface area contributed by atoms with Crippen LogP contribution in [0.3, 0.4) is 0 Å². The number of aromatic nitrogens is 2. The minimum atomic E-state index is -0.108. The summed E-state index contributed by atoms with van der Waals surface area (Å²) in [5.74, 6) is 0.530. The molecular weight excluding hydrogens is 254 g/mol. The molecule has 1 saturated heterocycles. The van der Waals surface area contributed by atoms with Crippen molar-refractivity contribution < 1.29 is 9.53 Å². The topological polar surface area (TPSA) is 67.0 Å². The smallest absolute Gasteiger partial charge is 0.272 e. The van der Waals surface area contributed by atoms with Gasteiger partial charge in [0.2, 0.25) is 0 Å². The fourth-order valence-electron chi connectivity index (χ4n) is 3.03. The Morgan fingerprint density at radius 2 is 2.15 bits per heavy atom. The maximum absolute atomic E-state index is 12.4. The zero-order valence-corrected chi connectivity index (χ0v) is 11.1. The fraction of sp³-hybridized carbons (Fsp3) is 0.467. The third-order valence-corrected chi connectivity index (χ3v) is 4.22. The number of ether oxygens (including phenoxy) is 1. The summed E-state index contributed by atoms with van der Waals surface area (Å²) in [5.41, 5.74) is 1.36. The first-order valence-corrected chi connectivity index (χ1v) is 7.18. The highest BCUT2D eigenvalue weighted by Gasteiger charge is 2.41. The van der Waals surface area contributed by atoms with Crippen molar-refractivity contribution in [1.82, 2.24) is 15.5 Å². The van der Waals surface area contributed by atoms with Crippen molar-refractivity contribution in [2.45, 2.75) is 31.4 Å². The molecule has 2 aromatic rings. The van der Waals surface area contributed by atoms with Gasteiger partial charge < -0.3 is 10.1 Å². The van der Waals surface area contributed by atoms with Crippen LogP contribution >= 0.6 is 0 Å². The molecule has 5 nitrogen and oxygen atoms in total. The van der Waals surface area contributed by atoms with E-state index in [0.29, 0.717) is 11.6 Å². The summed E-state index contributed by atoms with van der Waals surface area (Å²) in [4.78, 5) is 12.4. The highest BCUT2D eigenvalue weighted by Crippen LogP contribution is 2.38. The van der Waals surface area contributed by atoms with Crippen LogP contribution in [-0.2, 0) is 4.74 Å². The first kappa shape index (κ1) is 11.9. The predicted molar refractivity (Wildman–Crippen MR) is 74.4 cm³/mol. The number of para-hydroxylation sites is 1. The lowest BCUT2D eigenvalue weighted by Gasteiger charge is -2.18. The highest BCUT2D eigenvalue weighted by atomic mass is 16.5. The number of amides is 1. The molecule has 5 heteroatoms. The Labute approximate surface area is 116 Å². The number of benzene rings is 1. The summed E-state index contributed by atoms with van der Waals surface area (Å²) in [7, 11) is 0. The van der Waals surface area contributed by atoms with Crippen molar-refractivity contribution in [1.29, 1.82) is 0 Å². The average molecular weight is 271 g/mol. The first-order valence-electron chi connectivity index (χ1n) is 7.18. The van der Waals surface area contributed by atoms with Crippen LogP contribution in [0, 0.1) is 5.92 Å². The molecule has 2 unspecified atom stereocenters. The van der Waals surface area contributed by atoms with E-state index >= 15 is 0 Å². The van der Waals surface area contributed by atoms with Crippen LogP contribution < -0.4 is 5.32 Å². The lowest BCUT2D eigenvalue weighted by atomic mass is 10.1. The number of nitrogens with zero attached hydrogens (tertiary/aromatic N) is 1. The minimum Gasteiger partial charge on any atom is -0.376 e. The van der Waals surface area contributed by atoms with E-state index in [4.69, 9.17) is 4.74 Å². The molecule has 0 bridgehead atoms. The third kappa shape index (κ3) is 1.98. The standard InChI is InChI=1S/C15H17N3O2/c19-15(13-10-3-1-2-4-11(10)17-18-13)16-12-7-8-20-14(12)9-5-6-9/h1-4,9,12,14H,5-8H2,(H,16,19)(H,17,18). The van der Waals surface area contributed by atoms with Gasteiger partial charge in [-0.25, -0.2) is 0 Å². The van der Waals surface area contributed by atoms with Crippen molar-refractivity contribution in [2.24, 2.45) is 5.92 Å². The maximum atomic E-state index is 12.4. The summed E-state index contributed by atoms with van der Waals surface area (Å²) in [6.45, 7) is 0.743. The van der Waals surface area contributed by atoms with Gasteiger partial charge >= 0.3 is 0 Å². The van der Waals surface area contributed by atoms with Crippen molar-refractivity contribution in [3.63, 3.8) is 0 Å². The van der Waals surface area contributed by atoms with Gasteiger partial charge in [-0.3, -0.25) is 9.89 Å². The van der Waals surface area contributed by atoms with Crippen molar-refractivity contribution in [3.05, 3.63) is 30.0 Å². The molecule has 0 spiro atoms. The van der Waals surface area contributed by atoms with Crippen LogP contribution in [0.4, 0.5) is 0 Å². The monoisotopic (exact) mass is 271 g/mol. The Balaban J connectivity index is 1.55. The molecule has 20 heavy (non-hydrogen) atoms. The molecule has 1 aliphatic heterocycles. The summed E-state index contributed by atoms with van der Waals surface area (Å²) in [6.07, 6.45) is 3.55. The predicted octanol–water partition coefficient (Wildman–Crippen LogP) is 1.86. The van der Waals surface area contributed by atoms with Gasteiger partial charge in [-0.05, 0) is 31.2 Å². The molecule has 0 radical (unpaired) electrons. The number of aromatic amines is 1. The molecule has 1 aliphatic carbocycles. The molecule has 1 aromatic heterocycles. The Hall–Kier alpha value is -1.88. The SMILES string of the molecule is O=C(NC1CCOC1C1CC1)c1n[nH]c2ccccc12. The number of carbonyl (C=O) groups is 1. The van der Waals surface area contributed by atoms with Crippen molar-refractivity contribution in [3.8, 4) is 0 Å². The molecule has 2 atom stereocenters. The van der Waals surface area contributed by atoms with Gasteiger partial charge in [0, 0.05) is 12.0 Å².